The molecule has 1 aliphatic heterocycles. The molecule has 0 spiro atoms. The number of carbonyl (C=O) groups is 2. The van der Waals surface area contributed by atoms with E-state index in [1.807, 2.05) is 6.07 Å². The maximum absolute atomic E-state index is 12.7. The lowest BCUT2D eigenvalue weighted by atomic mass is 9.99. The summed E-state index contributed by atoms with van der Waals surface area (Å²) in [6.07, 6.45) is -0.475. The molecule has 0 radical (unpaired) electrons. The molecule has 25 heavy (non-hydrogen) atoms. The number of amides is 1. The van der Waals surface area contributed by atoms with Gasteiger partial charge in [-0.05, 0) is 12.1 Å². The fourth-order valence-corrected chi connectivity index (χ4v) is 3.45. The van der Waals surface area contributed by atoms with Gasteiger partial charge < -0.3 is 14.4 Å². The minimum Gasteiger partial charge on any atom is -0.465 e. The highest BCUT2D eigenvalue weighted by Crippen LogP contribution is 2.36. The maximum Gasteiger partial charge on any atom is 0.407 e. The van der Waals surface area contributed by atoms with Gasteiger partial charge in [0.05, 0.1) is 11.6 Å². The van der Waals surface area contributed by atoms with E-state index in [0.29, 0.717) is 40.1 Å². The van der Waals surface area contributed by atoms with E-state index in [-0.39, 0.29) is 12.3 Å². The molecule has 2 heterocycles. The normalized spacial score (nSPS) is 13.7. The first kappa shape index (κ1) is 15.7. The molecule has 4 rings (SSSR count). The number of carbonyl (C=O) groups excluding carboxylic acids is 1. The summed E-state index contributed by atoms with van der Waals surface area (Å²) >= 11 is 6.34. The van der Waals surface area contributed by atoms with Crippen molar-refractivity contribution in [3.8, 4) is 0 Å². The van der Waals surface area contributed by atoms with Gasteiger partial charge in [0.25, 0.3) is 0 Å². The monoisotopic (exact) mass is 355 g/mol. The van der Waals surface area contributed by atoms with Gasteiger partial charge in [-0.3, -0.25) is 4.79 Å². The number of ketones is 1. The number of hydrogen-bond donors (Lipinski definition) is 1. The van der Waals surface area contributed by atoms with Gasteiger partial charge in [-0.1, -0.05) is 41.9 Å². The average Bonchev–Trinajstić information content (AvgIpc) is 3.00. The van der Waals surface area contributed by atoms with Gasteiger partial charge in [0, 0.05) is 35.0 Å². The van der Waals surface area contributed by atoms with Crippen LogP contribution in [0, 0.1) is 0 Å². The van der Waals surface area contributed by atoms with Crippen molar-refractivity contribution in [2.45, 2.75) is 13.0 Å². The summed E-state index contributed by atoms with van der Waals surface area (Å²) in [6, 6.07) is 12.3. The Kier molecular flexibility index (Phi) is 3.73. The fourth-order valence-electron chi connectivity index (χ4n) is 3.19. The van der Waals surface area contributed by atoms with Gasteiger partial charge in [0.15, 0.2) is 11.4 Å². The average molecular weight is 356 g/mol. The van der Waals surface area contributed by atoms with Crippen LogP contribution in [-0.2, 0) is 13.0 Å². The maximum atomic E-state index is 12.7. The zero-order valence-electron chi connectivity index (χ0n) is 13.2. The third-order valence-electron chi connectivity index (χ3n) is 4.46. The number of rotatable bonds is 2. The van der Waals surface area contributed by atoms with Crippen molar-refractivity contribution in [2.24, 2.45) is 0 Å². The lowest BCUT2D eigenvalue weighted by Crippen LogP contribution is -2.34. The van der Waals surface area contributed by atoms with Crippen LogP contribution in [0.1, 0.15) is 27.2 Å². The molecule has 0 unspecified atom stereocenters. The van der Waals surface area contributed by atoms with Gasteiger partial charge in [0.1, 0.15) is 5.76 Å². The summed E-state index contributed by atoms with van der Waals surface area (Å²) in [6.45, 7) is 0.618. The highest BCUT2D eigenvalue weighted by molar-refractivity contribution is 6.35. The van der Waals surface area contributed by atoms with Crippen LogP contribution < -0.4 is 0 Å². The molecule has 3 aromatic rings. The number of nitrogens with zero attached hydrogens (tertiary/aromatic N) is 1. The second-order valence-electron chi connectivity index (χ2n) is 5.99. The lowest BCUT2D eigenvalue weighted by molar-refractivity contribution is 0.103. The second-order valence-corrected chi connectivity index (χ2v) is 6.40. The molecule has 5 nitrogen and oxygen atoms in total. The summed E-state index contributed by atoms with van der Waals surface area (Å²) < 4.78 is 5.83. The molecular weight excluding hydrogens is 342 g/mol. The first-order valence-electron chi connectivity index (χ1n) is 7.86. The van der Waals surface area contributed by atoms with Crippen LogP contribution in [0.2, 0.25) is 5.02 Å². The van der Waals surface area contributed by atoms with E-state index in [0.717, 1.165) is 11.3 Å². The summed E-state index contributed by atoms with van der Waals surface area (Å²) in [7, 11) is 0. The molecule has 0 fully saturated rings. The number of fused-ring (bicyclic) bond motifs is 3. The largest absolute Gasteiger partial charge is 0.465 e. The molecule has 1 aliphatic rings. The Bertz CT molecular complexity index is 994. The number of furan rings is 1. The zero-order valence-corrected chi connectivity index (χ0v) is 13.9. The first-order chi connectivity index (χ1) is 12.0. The Morgan fingerprint density at radius 3 is 2.60 bits per heavy atom. The molecule has 1 amide bonds. The fraction of sp³-hybridized carbons (Fsp3) is 0.158. The quantitative estimate of drug-likeness (QED) is 0.693. The summed E-state index contributed by atoms with van der Waals surface area (Å²) in [4.78, 5) is 25.3. The Hall–Kier alpha value is -2.79. The Morgan fingerprint density at radius 1 is 1.12 bits per heavy atom. The van der Waals surface area contributed by atoms with Crippen LogP contribution in [0.5, 0.6) is 0 Å². The molecule has 2 aromatic carbocycles. The third kappa shape index (κ3) is 2.66. The van der Waals surface area contributed by atoms with Crippen molar-refractivity contribution in [1.29, 1.82) is 0 Å². The topological polar surface area (TPSA) is 70.8 Å². The van der Waals surface area contributed by atoms with Crippen molar-refractivity contribution in [3.63, 3.8) is 0 Å². The molecule has 0 saturated heterocycles. The third-order valence-corrected chi connectivity index (χ3v) is 4.74. The molecule has 0 aliphatic carbocycles. The molecule has 6 heteroatoms. The van der Waals surface area contributed by atoms with E-state index >= 15 is 0 Å². The predicted molar refractivity (Wildman–Crippen MR) is 93.2 cm³/mol. The Balaban J connectivity index is 1.83. The summed E-state index contributed by atoms with van der Waals surface area (Å²) in [5.74, 6) is 0.601. The molecule has 1 aromatic heterocycles. The second kappa shape index (κ2) is 5.93. The molecule has 0 atom stereocenters. The number of halogens is 1. The van der Waals surface area contributed by atoms with E-state index in [1.54, 1.807) is 36.4 Å². The zero-order chi connectivity index (χ0) is 17.6. The van der Waals surface area contributed by atoms with Crippen LogP contribution in [-0.4, -0.2) is 28.4 Å². The number of carboxylic acid groups (broad SMARTS) is 1. The van der Waals surface area contributed by atoms with Crippen molar-refractivity contribution in [3.05, 3.63) is 69.9 Å². The number of hydrogen-bond acceptors (Lipinski definition) is 3. The number of benzene rings is 2. The standard InChI is InChI=1S/C19H14ClNO4/c20-15-9-12(17(22)11-4-2-1-3-5-11)8-13-14-10-21(19(23)24)7-6-16(14)25-18(13)15/h1-5,8-9H,6-7,10H2,(H,23,24). The van der Waals surface area contributed by atoms with Crippen LogP contribution >= 0.6 is 11.6 Å². The van der Waals surface area contributed by atoms with Crippen LogP contribution in [0.4, 0.5) is 4.79 Å². The smallest absolute Gasteiger partial charge is 0.407 e. The van der Waals surface area contributed by atoms with E-state index in [4.69, 9.17) is 16.0 Å². The van der Waals surface area contributed by atoms with E-state index in [2.05, 4.69) is 0 Å². The van der Waals surface area contributed by atoms with Crippen LogP contribution in [0.25, 0.3) is 11.0 Å². The van der Waals surface area contributed by atoms with Crippen molar-refractivity contribution in [2.75, 3.05) is 6.54 Å². The summed E-state index contributed by atoms with van der Waals surface area (Å²) in [5, 5.41) is 10.3. The van der Waals surface area contributed by atoms with Crippen LogP contribution in [0.3, 0.4) is 0 Å². The van der Waals surface area contributed by atoms with Crippen LogP contribution in [0.15, 0.2) is 46.9 Å². The minimum absolute atomic E-state index is 0.134. The van der Waals surface area contributed by atoms with Crippen molar-refractivity contribution < 1.29 is 19.1 Å². The Labute approximate surface area is 148 Å². The first-order valence-corrected chi connectivity index (χ1v) is 8.24. The van der Waals surface area contributed by atoms with Gasteiger partial charge in [0.2, 0.25) is 0 Å². The van der Waals surface area contributed by atoms with Gasteiger partial charge in [-0.2, -0.15) is 0 Å². The molecule has 126 valence electrons. The highest BCUT2D eigenvalue weighted by atomic mass is 35.5. The minimum atomic E-state index is -0.970. The van der Waals surface area contributed by atoms with E-state index in [1.165, 1.54) is 4.90 Å². The predicted octanol–water partition coefficient (Wildman–Crippen LogP) is 4.35. The van der Waals surface area contributed by atoms with Crippen molar-refractivity contribution in [1.82, 2.24) is 4.90 Å². The van der Waals surface area contributed by atoms with Gasteiger partial charge in [-0.15, -0.1) is 0 Å². The summed E-state index contributed by atoms with van der Waals surface area (Å²) in [5.41, 5.74) is 2.32. The molecule has 1 N–H and O–H groups in total. The lowest BCUT2D eigenvalue weighted by Gasteiger charge is -2.23. The van der Waals surface area contributed by atoms with Gasteiger partial charge >= 0.3 is 6.09 Å². The van der Waals surface area contributed by atoms with E-state index in [9.17, 15) is 14.7 Å². The Morgan fingerprint density at radius 2 is 1.88 bits per heavy atom. The van der Waals surface area contributed by atoms with Gasteiger partial charge in [-0.25, -0.2) is 4.79 Å². The highest BCUT2D eigenvalue weighted by Gasteiger charge is 2.27. The molecular formula is C19H14ClNO4. The van der Waals surface area contributed by atoms with Crippen molar-refractivity contribution >= 4 is 34.4 Å². The molecule has 0 bridgehead atoms. The van der Waals surface area contributed by atoms with E-state index < -0.39 is 6.09 Å². The molecule has 0 saturated carbocycles. The SMILES string of the molecule is O=C(c1ccccc1)c1cc(Cl)c2oc3c(c2c1)CN(C(=O)O)CC3.